The molecule has 0 unspecified atom stereocenters. The Hall–Kier alpha value is -1.36. The van der Waals surface area contributed by atoms with Gasteiger partial charge < -0.3 is 10.1 Å². The fourth-order valence-corrected chi connectivity index (χ4v) is 2.44. The van der Waals surface area contributed by atoms with E-state index in [0.29, 0.717) is 0 Å². The number of hydrogen-bond donors (Lipinski definition) is 2. The highest BCUT2D eigenvalue weighted by molar-refractivity contribution is 7.89. The van der Waals surface area contributed by atoms with Gasteiger partial charge in [0.05, 0.1) is 22.1 Å². The Morgan fingerprint density at radius 2 is 2.00 bits per heavy atom. The molecule has 0 radical (unpaired) electrons. The van der Waals surface area contributed by atoms with Crippen molar-refractivity contribution in [1.82, 2.24) is 10.0 Å². The van der Waals surface area contributed by atoms with Crippen molar-refractivity contribution in [3.05, 3.63) is 28.8 Å². The highest BCUT2D eigenvalue weighted by Gasteiger charge is 2.27. The summed E-state index contributed by atoms with van der Waals surface area (Å²) in [5.41, 5.74) is -0.112. The van der Waals surface area contributed by atoms with Gasteiger partial charge in [0.2, 0.25) is 10.0 Å². The van der Waals surface area contributed by atoms with E-state index in [1.54, 1.807) is 0 Å². The Labute approximate surface area is 136 Å². The molecule has 0 saturated carbocycles. The number of carbonyl (C=O) groups excluding carboxylic acids is 1. The summed E-state index contributed by atoms with van der Waals surface area (Å²) in [6.07, 6.45) is -4.44. The van der Waals surface area contributed by atoms with Crippen LogP contribution in [0.25, 0.3) is 0 Å². The maximum Gasteiger partial charge on any atom is 0.411 e. The predicted molar refractivity (Wildman–Crippen MR) is 76.9 cm³/mol. The molecule has 1 aromatic carbocycles. The van der Waals surface area contributed by atoms with Crippen molar-refractivity contribution in [3.8, 4) is 0 Å². The van der Waals surface area contributed by atoms with Crippen LogP contribution in [-0.4, -0.2) is 47.3 Å². The number of carbonyl (C=O) groups is 1. The van der Waals surface area contributed by atoms with Crippen molar-refractivity contribution in [1.29, 1.82) is 0 Å². The van der Waals surface area contributed by atoms with Crippen molar-refractivity contribution in [2.75, 3.05) is 26.8 Å². The van der Waals surface area contributed by atoms with E-state index in [9.17, 15) is 26.4 Å². The molecule has 0 atom stereocenters. The summed E-state index contributed by atoms with van der Waals surface area (Å²) in [6.45, 7) is -1.95. The van der Waals surface area contributed by atoms with Crippen LogP contribution in [-0.2, 0) is 14.8 Å². The topological polar surface area (TPSA) is 84.5 Å². The Morgan fingerprint density at radius 1 is 1.35 bits per heavy atom. The largest absolute Gasteiger partial charge is 0.411 e. The van der Waals surface area contributed by atoms with E-state index in [-0.39, 0.29) is 28.6 Å². The summed E-state index contributed by atoms with van der Waals surface area (Å²) in [6, 6.07) is 3.53. The molecular weight excluding hydrogens is 361 g/mol. The Balaban J connectivity index is 2.68. The second kappa shape index (κ2) is 7.95. The molecule has 0 aliphatic heterocycles. The van der Waals surface area contributed by atoms with E-state index in [1.807, 2.05) is 0 Å². The highest BCUT2D eigenvalue weighted by atomic mass is 35.5. The zero-order valence-electron chi connectivity index (χ0n) is 11.9. The lowest BCUT2D eigenvalue weighted by Crippen LogP contribution is -2.29. The van der Waals surface area contributed by atoms with Crippen LogP contribution in [0.2, 0.25) is 5.02 Å². The second-order valence-electron chi connectivity index (χ2n) is 4.27. The standard InChI is InChI=1S/C12H14ClF3N2O4S/c1-17-23(20,21)8-2-3-10(13)9(6-8)11(19)18-4-5-22-7-12(14,15)16/h2-3,6,17H,4-5,7H2,1H3,(H,18,19). The molecule has 23 heavy (non-hydrogen) atoms. The molecular formula is C12H14ClF3N2O4S. The lowest BCUT2D eigenvalue weighted by molar-refractivity contribution is -0.173. The molecule has 0 saturated heterocycles. The number of amides is 1. The van der Waals surface area contributed by atoms with Crippen LogP contribution in [0.15, 0.2) is 23.1 Å². The predicted octanol–water partition coefficient (Wildman–Crippen LogP) is 1.56. The number of sulfonamides is 1. The number of benzene rings is 1. The molecule has 130 valence electrons. The molecule has 11 heteroatoms. The number of halogens is 4. The molecule has 2 N–H and O–H groups in total. The lowest BCUT2D eigenvalue weighted by atomic mass is 10.2. The van der Waals surface area contributed by atoms with Gasteiger partial charge in [0.1, 0.15) is 6.61 Å². The first-order chi connectivity index (χ1) is 10.6. The first kappa shape index (κ1) is 19.7. The van der Waals surface area contributed by atoms with Gasteiger partial charge in [-0.05, 0) is 25.2 Å². The smallest absolute Gasteiger partial charge is 0.370 e. The normalized spacial score (nSPS) is 12.2. The van der Waals surface area contributed by atoms with Gasteiger partial charge in [-0.3, -0.25) is 4.79 Å². The molecule has 0 heterocycles. The van der Waals surface area contributed by atoms with E-state index in [1.165, 1.54) is 19.2 Å². The number of ether oxygens (including phenoxy) is 1. The van der Waals surface area contributed by atoms with E-state index in [2.05, 4.69) is 14.8 Å². The summed E-state index contributed by atoms with van der Waals surface area (Å²) >= 11 is 5.83. The highest BCUT2D eigenvalue weighted by Crippen LogP contribution is 2.20. The van der Waals surface area contributed by atoms with Crippen LogP contribution >= 0.6 is 11.6 Å². The van der Waals surface area contributed by atoms with Gasteiger partial charge in [0, 0.05) is 6.54 Å². The molecule has 0 fully saturated rings. The van der Waals surface area contributed by atoms with Gasteiger partial charge in [-0.15, -0.1) is 0 Å². The van der Waals surface area contributed by atoms with Gasteiger partial charge in [0.15, 0.2) is 0 Å². The Morgan fingerprint density at radius 3 is 2.57 bits per heavy atom. The number of hydrogen-bond acceptors (Lipinski definition) is 4. The van der Waals surface area contributed by atoms with Crippen LogP contribution in [0.5, 0.6) is 0 Å². The first-order valence-electron chi connectivity index (χ1n) is 6.22. The summed E-state index contributed by atoms with van der Waals surface area (Å²) < 4.78 is 65.3. The zero-order chi connectivity index (χ0) is 17.7. The molecule has 0 spiro atoms. The van der Waals surface area contributed by atoms with Crippen molar-refractivity contribution in [3.63, 3.8) is 0 Å². The summed E-state index contributed by atoms with van der Waals surface area (Å²) in [4.78, 5) is 11.7. The molecule has 0 aliphatic rings. The van der Waals surface area contributed by atoms with Gasteiger partial charge in [-0.2, -0.15) is 13.2 Å². The molecule has 1 rings (SSSR count). The minimum Gasteiger partial charge on any atom is -0.370 e. The summed E-state index contributed by atoms with van der Waals surface area (Å²) in [5, 5.41) is 2.30. The first-order valence-corrected chi connectivity index (χ1v) is 8.09. The SMILES string of the molecule is CNS(=O)(=O)c1ccc(Cl)c(C(=O)NCCOCC(F)(F)F)c1. The molecule has 0 bridgehead atoms. The summed E-state index contributed by atoms with van der Waals surface area (Å²) in [7, 11) is -2.54. The Kier molecular flexibility index (Phi) is 6.81. The molecule has 0 aromatic heterocycles. The van der Waals surface area contributed by atoms with Gasteiger partial charge in [-0.1, -0.05) is 11.6 Å². The minimum atomic E-state index is -4.44. The van der Waals surface area contributed by atoms with Crippen LogP contribution in [0.4, 0.5) is 13.2 Å². The van der Waals surface area contributed by atoms with E-state index in [4.69, 9.17) is 11.6 Å². The van der Waals surface area contributed by atoms with Crippen LogP contribution < -0.4 is 10.0 Å². The Bertz CT molecular complexity index is 665. The minimum absolute atomic E-state index is 0.00811. The van der Waals surface area contributed by atoms with Crippen molar-refractivity contribution in [2.45, 2.75) is 11.1 Å². The quantitative estimate of drug-likeness (QED) is 0.709. The average Bonchev–Trinajstić information content (AvgIpc) is 2.45. The molecule has 6 nitrogen and oxygen atoms in total. The van der Waals surface area contributed by atoms with Crippen molar-refractivity contribution >= 4 is 27.5 Å². The second-order valence-corrected chi connectivity index (χ2v) is 6.57. The van der Waals surface area contributed by atoms with Crippen molar-refractivity contribution in [2.24, 2.45) is 0 Å². The van der Waals surface area contributed by atoms with Crippen LogP contribution in [0.3, 0.4) is 0 Å². The number of alkyl halides is 3. The molecule has 0 aliphatic carbocycles. The van der Waals surface area contributed by atoms with Gasteiger partial charge >= 0.3 is 6.18 Å². The third kappa shape index (κ3) is 6.34. The third-order valence-corrected chi connectivity index (χ3v) is 4.30. The fraction of sp³-hybridized carbons (Fsp3) is 0.417. The molecule has 1 aromatic rings. The van der Waals surface area contributed by atoms with E-state index in [0.717, 1.165) is 6.07 Å². The van der Waals surface area contributed by atoms with Gasteiger partial charge in [-0.25, -0.2) is 13.1 Å². The average molecular weight is 375 g/mol. The third-order valence-electron chi connectivity index (χ3n) is 2.56. The van der Waals surface area contributed by atoms with Crippen LogP contribution in [0.1, 0.15) is 10.4 Å². The van der Waals surface area contributed by atoms with E-state index >= 15 is 0 Å². The lowest BCUT2D eigenvalue weighted by Gasteiger charge is -2.10. The maximum absolute atomic E-state index is 11.9. The zero-order valence-corrected chi connectivity index (χ0v) is 13.5. The molecule has 1 amide bonds. The monoisotopic (exact) mass is 374 g/mol. The number of rotatable bonds is 7. The van der Waals surface area contributed by atoms with E-state index < -0.39 is 28.7 Å². The fourth-order valence-electron chi connectivity index (χ4n) is 1.48. The summed E-state index contributed by atoms with van der Waals surface area (Å²) in [5.74, 6) is -0.723. The number of nitrogens with one attached hydrogen (secondary N) is 2. The maximum atomic E-state index is 11.9. The van der Waals surface area contributed by atoms with Gasteiger partial charge in [0.25, 0.3) is 5.91 Å². The van der Waals surface area contributed by atoms with Crippen molar-refractivity contribution < 1.29 is 31.1 Å². The van der Waals surface area contributed by atoms with Crippen LogP contribution in [0, 0.1) is 0 Å².